The number of fused-ring (bicyclic) bond motifs is 2. The van der Waals surface area contributed by atoms with E-state index in [0.717, 1.165) is 77.9 Å². The molecule has 0 bridgehead atoms. The van der Waals surface area contributed by atoms with E-state index in [2.05, 4.69) is 63.3 Å². The molecule has 2 aliphatic heterocycles. The SMILES string of the molecule is NC(=O)CC(NCC1CCCCC1)c1ccc2c(c1)nc(-c1ccc(N3CCOCC3)cc1)n2Cc1ccc2c(c1)OCO2. The summed E-state index contributed by atoms with van der Waals surface area (Å²) in [4.78, 5) is 19.7. The summed E-state index contributed by atoms with van der Waals surface area (Å²) in [7, 11) is 0. The maximum Gasteiger partial charge on any atom is 0.231 e. The number of imidazole rings is 1. The van der Waals surface area contributed by atoms with Gasteiger partial charge in [0, 0.05) is 43.3 Å². The average Bonchev–Trinajstić information content (AvgIpc) is 3.68. The number of carbonyl (C=O) groups excluding carboxylic acids is 1. The third kappa shape index (κ3) is 6.25. The first-order valence-electron chi connectivity index (χ1n) is 15.9. The van der Waals surface area contributed by atoms with Crippen molar-refractivity contribution in [3.8, 4) is 22.9 Å². The van der Waals surface area contributed by atoms with Crippen LogP contribution in [0.25, 0.3) is 22.4 Å². The Balaban J connectivity index is 1.23. The van der Waals surface area contributed by atoms with Gasteiger partial charge in [0.1, 0.15) is 5.82 Å². The highest BCUT2D eigenvalue weighted by Gasteiger charge is 2.22. The summed E-state index contributed by atoms with van der Waals surface area (Å²) in [5.74, 6) is 2.78. The lowest BCUT2D eigenvalue weighted by Gasteiger charge is -2.28. The first-order chi connectivity index (χ1) is 21.6. The molecule has 3 aromatic carbocycles. The van der Waals surface area contributed by atoms with Gasteiger partial charge in [-0.05, 0) is 85.0 Å². The average molecular weight is 596 g/mol. The zero-order valence-corrected chi connectivity index (χ0v) is 25.2. The van der Waals surface area contributed by atoms with E-state index in [1.54, 1.807) is 0 Å². The minimum atomic E-state index is -0.305. The van der Waals surface area contributed by atoms with Gasteiger partial charge in [-0.15, -0.1) is 0 Å². The fourth-order valence-corrected chi connectivity index (χ4v) is 6.82. The van der Waals surface area contributed by atoms with Crippen LogP contribution in [0.5, 0.6) is 11.5 Å². The van der Waals surface area contributed by atoms with E-state index in [4.69, 9.17) is 24.9 Å². The second-order valence-electron chi connectivity index (χ2n) is 12.2. The normalized spacial score (nSPS) is 17.7. The molecular weight excluding hydrogens is 554 g/mol. The number of nitrogens with two attached hydrogens (primary N) is 1. The largest absolute Gasteiger partial charge is 0.454 e. The smallest absolute Gasteiger partial charge is 0.231 e. The van der Waals surface area contributed by atoms with Gasteiger partial charge in [-0.25, -0.2) is 4.98 Å². The van der Waals surface area contributed by atoms with Crippen molar-refractivity contribution >= 4 is 22.6 Å². The van der Waals surface area contributed by atoms with Crippen LogP contribution in [-0.4, -0.2) is 55.1 Å². The fourth-order valence-electron chi connectivity index (χ4n) is 6.82. The third-order valence-electron chi connectivity index (χ3n) is 9.24. The van der Waals surface area contributed by atoms with Crippen LogP contribution in [0.3, 0.4) is 0 Å². The molecule has 4 aromatic rings. The van der Waals surface area contributed by atoms with E-state index < -0.39 is 0 Å². The molecule has 1 atom stereocenters. The molecule has 2 fully saturated rings. The highest BCUT2D eigenvalue weighted by molar-refractivity contribution is 5.82. The number of amides is 1. The van der Waals surface area contributed by atoms with Crippen LogP contribution < -0.4 is 25.4 Å². The number of nitrogens with one attached hydrogen (secondary N) is 1. The first-order valence-corrected chi connectivity index (χ1v) is 15.9. The molecular formula is C35H41N5O4. The number of ether oxygens (including phenoxy) is 3. The Kier molecular flexibility index (Phi) is 8.39. The molecule has 1 amide bonds. The van der Waals surface area contributed by atoms with Crippen molar-refractivity contribution in [3.05, 3.63) is 71.8 Å². The van der Waals surface area contributed by atoms with Crippen LogP contribution in [0.4, 0.5) is 5.69 Å². The van der Waals surface area contributed by atoms with Gasteiger partial charge >= 0.3 is 0 Å². The lowest BCUT2D eigenvalue weighted by molar-refractivity contribution is -0.118. The van der Waals surface area contributed by atoms with Crippen molar-refractivity contribution < 1.29 is 19.0 Å². The number of hydrogen-bond acceptors (Lipinski definition) is 7. The minimum absolute atomic E-state index is 0.144. The van der Waals surface area contributed by atoms with Crippen LogP contribution in [0.15, 0.2) is 60.7 Å². The van der Waals surface area contributed by atoms with Crippen molar-refractivity contribution in [2.75, 3.05) is 44.5 Å². The van der Waals surface area contributed by atoms with Gasteiger partial charge in [-0.1, -0.05) is 31.4 Å². The van der Waals surface area contributed by atoms with Gasteiger partial charge in [0.15, 0.2) is 11.5 Å². The van der Waals surface area contributed by atoms with Crippen LogP contribution in [-0.2, 0) is 16.1 Å². The molecule has 0 radical (unpaired) electrons. The summed E-state index contributed by atoms with van der Waals surface area (Å²) in [6.45, 7) is 5.06. The number of carbonyl (C=O) groups is 1. The van der Waals surface area contributed by atoms with Crippen LogP contribution >= 0.6 is 0 Å². The Bertz CT molecular complexity index is 1610. The zero-order valence-electron chi connectivity index (χ0n) is 25.2. The number of morpholine rings is 1. The van der Waals surface area contributed by atoms with Crippen LogP contribution in [0.2, 0.25) is 0 Å². The number of anilines is 1. The van der Waals surface area contributed by atoms with Crippen molar-refractivity contribution in [1.29, 1.82) is 0 Å². The monoisotopic (exact) mass is 595 g/mol. The van der Waals surface area contributed by atoms with Crippen LogP contribution in [0.1, 0.15) is 55.7 Å². The Morgan fingerprint density at radius 3 is 2.55 bits per heavy atom. The summed E-state index contributed by atoms with van der Waals surface area (Å²) >= 11 is 0. The number of primary amides is 1. The molecule has 3 heterocycles. The number of aromatic nitrogens is 2. The lowest BCUT2D eigenvalue weighted by atomic mass is 9.89. The number of nitrogens with zero attached hydrogens (tertiary/aromatic N) is 3. The molecule has 9 nitrogen and oxygen atoms in total. The predicted molar refractivity (Wildman–Crippen MR) is 171 cm³/mol. The Morgan fingerprint density at radius 1 is 0.955 bits per heavy atom. The molecule has 1 unspecified atom stereocenters. The van der Waals surface area contributed by atoms with E-state index in [-0.39, 0.29) is 25.2 Å². The van der Waals surface area contributed by atoms with Crippen molar-refractivity contribution in [1.82, 2.24) is 14.9 Å². The van der Waals surface area contributed by atoms with Gasteiger partial charge in [0.05, 0.1) is 24.2 Å². The summed E-state index contributed by atoms with van der Waals surface area (Å²) in [5, 5.41) is 3.68. The van der Waals surface area contributed by atoms with E-state index in [0.29, 0.717) is 12.5 Å². The molecule has 3 N–H and O–H groups in total. The summed E-state index contributed by atoms with van der Waals surface area (Å²) in [5.41, 5.74) is 12.0. The molecule has 230 valence electrons. The number of benzene rings is 3. The van der Waals surface area contributed by atoms with Gasteiger partial charge in [-0.3, -0.25) is 4.79 Å². The molecule has 0 spiro atoms. The Morgan fingerprint density at radius 2 is 1.75 bits per heavy atom. The molecule has 9 heteroatoms. The second-order valence-corrected chi connectivity index (χ2v) is 12.2. The molecule has 44 heavy (non-hydrogen) atoms. The molecule has 7 rings (SSSR count). The van der Waals surface area contributed by atoms with E-state index >= 15 is 0 Å². The highest BCUT2D eigenvalue weighted by atomic mass is 16.7. The fraction of sp³-hybridized carbons (Fsp3) is 0.429. The molecule has 1 aromatic heterocycles. The quantitative estimate of drug-likeness (QED) is 0.253. The topological polar surface area (TPSA) is 104 Å². The molecule has 3 aliphatic rings. The minimum Gasteiger partial charge on any atom is -0.454 e. The Labute approximate surface area is 258 Å². The van der Waals surface area contributed by atoms with Gasteiger partial charge in [0.2, 0.25) is 12.7 Å². The number of hydrogen-bond donors (Lipinski definition) is 2. The summed E-state index contributed by atoms with van der Waals surface area (Å²) in [6, 6.07) is 21.0. The zero-order chi connectivity index (χ0) is 29.9. The van der Waals surface area contributed by atoms with Gasteiger partial charge < -0.3 is 34.7 Å². The standard InChI is InChI=1S/C35H41N5O4/c36-34(41)20-29(37-21-24-4-2-1-3-5-24)27-9-12-31-30(19-27)38-35(26-7-10-28(11-8-26)39-14-16-42-17-15-39)40(31)22-25-6-13-32-33(18-25)44-23-43-32/h6-13,18-19,24,29,37H,1-5,14-17,20-23H2,(H2,36,41). The molecule has 1 aliphatic carbocycles. The highest BCUT2D eigenvalue weighted by Crippen LogP contribution is 2.35. The lowest BCUT2D eigenvalue weighted by Crippen LogP contribution is -2.36. The maximum atomic E-state index is 12.1. The first kappa shape index (κ1) is 28.7. The van der Waals surface area contributed by atoms with Gasteiger partial charge in [0.25, 0.3) is 0 Å². The maximum absolute atomic E-state index is 12.1. The number of rotatable bonds is 10. The van der Waals surface area contributed by atoms with Crippen LogP contribution in [0, 0.1) is 5.92 Å². The predicted octanol–water partition coefficient (Wildman–Crippen LogP) is 5.40. The molecule has 1 saturated carbocycles. The van der Waals surface area contributed by atoms with E-state index in [1.807, 2.05) is 12.1 Å². The van der Waals surface area contributed by atoms with Crippen molar-refractivity contribution in [2.24, 2.45) is 11.7 Å². The molecule has 1 saturated heterocycles. The van der Waals surface area contributed by atoms with E-state index in [9.17, 15) is 4.79 Å². The summed E-state index contributed by atoms with van der Waals surface area (Å²) in [6.07, 6.45) is 6.64. The Hall–Kier alpha value is -4.08. The third-order valence-corrected chi connectivity index (χ3v) is 9.24. The van der Waals surface area contributed by atoms with Gasteiger partial charge in [-0.2, -0.15) is 0 Å². The van der Waals surface area contributed by atoms with Crippen molar-refractivity contribution in [2.45, 2.75) is 51.1 Å². The summed E-state index contributed by atoms with van der Waals surface area (Å²) < 4.78 is 19.0. The second kappa shape index (κ2) is 12.9. The van der Waals surface area contributed by atoms with E-state index in [1.165, 1.54) is 37.8 Å². The van der Waals surface area contributed by atoms with Crippen molar-refractivity contribution in [3.63, 3.8) is 0 Å².